The molecule has 1 atom stereocenters. The van der Waals surface area contributed by atoms with E-state index in [-0.39, 0.29) is 0 Å². The highest BCUT2D eigenvalue weighted by molar-refractivity contribution is 7.84. The van der Waals surface area contributed by atoms with Gasteiger partial charge in [0, 0.05) is 22.2 Å². The molecule has 0 aliphatic heterocycles. The van der Waals surface area contributed by atoms with Gasteiger partial charge in [0.1, 0.15) is 5.75 Å². The Hall–Kier alpha value is -1.59. The van der Waals surface area contributed by atoms with Crippen LogP contribution in [-0.2, 0) is 16.6 Å². The molecule has 0 bridgehead atoms. The number of nitrogens with zero attached hydrogens (tertiary/aromatic N) is 1. The molecule has 0 spiro atoms. The Balaban J connectivity index is 2.29. The molecule has 2 rings (SSSR count). The summed E-state index contributed by atoms with van der Waals surface area (Å²) in [4.78, 5) is 5.00. The second-order valence-electron chi connectivity index (χ2n) is 4.72. The molecule has 1 aromatic heterocycles. The minimum absolute atomic E-state index is 0.308. The molecule has 1 heterocycles. The van der Waals surface area contributed by atoms with E-state index in [4.69, 9.17) is 22.1 Å². The quantitative estimate of drug-likeness (QED) is 0.877. The molecule has 0 fully saturated rings. The van der Waals surface area contributed by atoms with Crippen LogP contribution in [0.15, 0.2) is 29.3 Å². The summed E-state index contributed by atoms with van der Waals surface area (Å²) >= 11 is 5.97. The molecule has 0 aliphatic carbocycles. The SMILES string of the molecule is COc1c(C)cnc(CS(=O)c2ccc(N)c(Cl)c2)c1C. The van der Waals surface area contributed by atoms with Gasteiger partial charge in [-0.15, -0.1) is 0 Å². The van der Waals surface area contributed by atoms with Gasteiger partial charge in [-0.05, 0) is 32.0 Å². The van der Waals surface area contributed by atoms with Crippen LogP contribution in [0.25, 0.3) is 0 Å². The second-order valence-corrected chi connectivity index (χ2v) is 6.58. The molecular weight excluding hydrogens is 308 g/mol. The zero-order valence-electron chi connectivity index (χ0n) is 12.1. The number of halogens is 1. The van der Waals surface area contributed by atoms with E-state index in [0.29, 0.717) is 21.4 Å². The predicted molar refractivity (Wildman–Crippen MR) is 86.2 cm³/mol. The smallest absolute Gasteiger partial charge is 0.128 e. The Morgan fingerprint density at radius 2 is 2.10 bits per heavy atom. The normalized spacial score (nSPS) is 12.2. The van der Waals surface area contributed by atoms with Crippen LogP contribution in [0.4, 0.5) is 5.69 Å². The Labute approximate surface area is 131 Å². The van der Waals surface area contributed by atoms with Crippen molar-refractivity contribution in [2.24, 2.45) is 0 Å². The molecule has 2 aromatic rings. The van der Waals surface area contributed by atoms with Crippen LogP contribution in [0.2, 0.25) is 5.02 Å². The summed E-state index contributed by atoms with van der Waals surface area (Å²) in [6, 6.07) is 5.01. The van der Waals surface area contributed by atoms with Crippen molar-refractivity contribution in [1.82, 2.24) is 4.98 Å². The van der Waals surface area contributed by atoms with Crippen molar-refractivity contribution in [1.29, 1.82) is 0 Å². The molecule has 0 saturated carbocycles. The average molecular weight is 325 g/mol. The summed E-state index contributed by atoms with van der Waals surface area (Å²) in [5.74, 6) is 1.09. The second kappa shape index (κ2) is 6.45. The van der Waals surface area contributed by atoms with Crippen LogP contribution in [0.1, 0.15) is 16.8 Å². The molecule has 0 saturated heterocycles. The highest BCUT2D eigenvalue weighted by Crippen LogP contribution is 2.27. The zero-order chi connectivity index (χ0) is 15.6. The maximum Gasteiger partial charge on any atom is 0.128 e. The van der Waals surface area contributed by atoms with E-state index in [0.717, 1.165) is 22.6 Å². The first kappa shape index (κ1) is 15.8. The number of rotatable bonds is 4. The van der Waals surface area contributed by atoms with E-state index in [2.05, 4.69) is 4.98 Å². The maximum atomic E-state index is 12.4. The van der Waals surface area contributed by atoms with E-state index in [9.17, 15) is 4.21 Å². The Bertz CT molecular complexity index is 704. The number of aromatic nitrogens is 1. The van der Waals surface area contributed by atoms with Crippen LogP contribution < -0.4 is 10.5 Å². The number of pyridine rings is 1. The fourth-order valence-corrected chi connectivity index (χ4v) is 3.49. The number of hydrogen-bond acceptors (Lipinski definition) is 4. The average Bonchev–Trinajstić information content (AvgIpc) is 2.45. The maximum absolute atomic E-state index is 12.4. The van der Waals surface area contributed by atoms with Gasteiger partial charge in [-0.25, -0.2) is 0 Å². The molecule has 21 heavy (non-hydrogen) atoms. The third-order valence-electron chi connectivity index (χ3n) is 3.25. The third-order valence-corrected chi connectivity index (χ3v) is 4.90. The fourth-order valence-electron chi connectivity index (χ4n) is 2.07. The molecule has 0 aliphatic rings. The van der Waals surface area contributed by atoms with Gasteiger partial charge < -0.3 is 10.5 Å². The van der Waals surface area contributed by atoms with Crippen molar-refractivity contribution < 1.29 is 8.95 Å². The lowest BCUT2D eigenvalue weighted by Crippen LogP contribution is -2.04. The fraction of sp³-hybridized carbons (Fsp3) is 0.267. The topological polar surface area (TPSA) is 65.2 Å². The minimum Gasteiger partial charge on any atom is -0.496 e. The monoisotopic (exact) mass is 324 g/mol. The summed E-state index contributed by atoms with van der Waals surface area (Å²) in [6.45, 7) is 3.85. The Morgan fingerprint density at radius 3 is 2.71 bits per heavy atom. The van der Waals surface area contributed by atoms with Crippen LogP contribution in [0.5, 0.6) is 5.75 Å². The molecule has 0 radical (unpaired) electrons. The van der Waals surface area contributed by atoms with Crippen LogP contribution >= 0.6 is 11.6 Å². The van der Waals surface area contributed by atoms with Gasteiger partial charge in [0.2, 0.25) is 0 Å². The van der Waals surface area contributed by atoms with Crippen molar-refractivity contribution in [3.63, 3.8) is 0 Å². The van der Waals surface area contributed by atoms with Crippen LogP contribution in [0.3, 0.4) is 0 Å². The van der Waals surface area contributed by atoms with E-state index in [1.165, 1.54) is 0 Å². The molecule has 112 valence electrons. The predicted octanol–water partition coefficient (Wildman–Crippen LogP) is 3.25. The van der Waals surface area contributed by atoms with E-state index in [1.807, 2.05) is 13.8 Å². The minimum atomic E-state index is -1.24. The number of methoxy groups -OCH3 is 1. The summed E-state index contributed by atoms with van der Waals surface area (Å²) in [7, 11) is 0.383. The lowest BCUT2D eigenvalue weighted by Gasteiger charge is -2.12. The van der Waals surface area contributed by atoms with Gasteiger partial charge in [-0.3, -0.25) is 9.19 Å². The first-order valence-electron chi connectivity index (χ1n) is 6.36. The van der Waals surface area contributed by atoms with Crippen molar-refractivity contribution in [3.05, 3.63) is 46.2 Å². The molecule has 2 N–H and O–H groups in total. The number of benzene rings is 1. The zero-order valence-corrected chi connectivity index (χ0v) is 13.7. The lowest BCUT2D eigenvalue weighted by atomic mass is 10.1. The molecule has 0 amide bonds. The van der Waals surface area contributed by atoms with E-state index in [1.54, 1.807) is 31.5 Å². The standard InChI is InChI=1S/C15H17ClN2O2S/c1-9-7-18-14(10(2)15(9)20-3)8-21(19)11-4-5-13(17)12(16)6-11/h4-7H,8,17H2,1-3H3. The number of hydrogen-bond donors (Lipinski definition) is 1. The molecular formula is C15H17ClN2O2S. The number of nitrogen functional groups attached to an aromatic ring is 1. The van der Waals surface area contributed by atoms with Crippen molar-refractivity contribution in [2.75, 3.05) is 12.8 Å². The van der Waals surface area contributed by atoms with Crippen molar-refractivity contribution in [3.8, 4) is 5.75 Å². The van der Waals surface area contributed by atoms with E-state index >= 15 is 0 Å². The molecule has 1 aromatic carbocycles. The number of nitrogens with two attached hydrogens (primary N) is 1. The van der Waals surface area contributed by atoms with Gasteiger partial charge in [-0.2, -0.15) is 0 Å². The summed E-state index contributed by atoms with van der Waals surface area (Å²) in [5, 5.41) is 0.409. The van der Waals surface area contributed by atoms with Crippen molar-refractivity contribution >= 4 is 28.1 Å². The van der Waals surface area contributed by atoms with Gasteiger partial charge in [0.25, 0.3) is 0 Å². The number of ether oxygens (including phenoxy) is 1. The first-order chi connectivity index (χ1) is 9.93. The highest BCUT2D eigenvalue weighted by atomic mass is 35.5. The molecule has 4 nitrogen and oxygen atoms in total. The van der Waals surface area contributed by atoms with Crippen LogP contribution in [0, 0.1) is 13.8 Å². The largest absolute Gasteiger partial charge is 0.496 e. The number of anilines is 1. The first-order valence-corrected chi connectivity index (χ1v) is 8.06. The molecule has 6 heteroatoms. The lowest BCUT2D eigenvalue weighted by molar-refractivity contribution is 0.407. The van der Waals surface area contributed by atoms with Crippen molar-refractivity contribution in [2.45, 2.75) is 24.5 Å². The summed E-state index contributed by atoms with van der Waals surface area (Å²) in [5.41, 5.74) is 8.76. The van der Waals surface area contributed by atoms with Gasteiger partial charge in [0.05, 0.1) is 40.1 Å². The van der Waals surface area contributed by atoms with Gasteiger partial charge in [-0.1, -0.05) is 11.6 Å². The third kappa shape index (κ3) is 3.36. The van der Waals surface area contributed by atoms with E-state index < -0.39 is 10.8 Å². The highest BCUT2D eigenvalue weighted by Gasteiger charge is 2.14. The molecule has 1 unspecified atom stereocenters. The number of aryl methyl sites for hydroxylation is 1. The van der Waals surface area contributed by atoms with Gasteiger partial charge >= 0.3 is 0 Å². The summed E-state index contributed by atoms with van der Waals surface area (Å²) < 4.78 is 17.8. The Morgan fingerprint density at radius 1 is 1.38 bits per heavy atom. The Kier molecular flexibility index (Phi) is 4.85. The van der Waals surface area contributed by atoms with Gasteiger partial charge in [0.15, 0.2) is 0 Å². The van der Waals surface area contributed by atoms with Crippen LogP contribution in [-0.4, -0.2) is 16.3 Å². The summed E-state index contributed by atoms with van der Waals surface area (Å²) in [6.07, 6.45) is 1.73.